The van der Waals surface area contributed by atoms with Gasteiger partial charge in [0.25, 0.3) is 5.91 Å². The van der Waals surface area contributed by atoms with E-state index in [0.29, 0.717) is 12.5 Å². The van der Waals surface area contributed by atoms with E-state index in [4.69, 9.17) is 21.1 Å². The SMILES string of the molecule is CCc1cc(NC2=NCC(NC(=O)OC(C)(C)C)C(=O)N2CC2=CC=C(Cl)CC2)ccc1OC(C)C. The predicted octanol–water partition coefficient (Wildman–Crippen LogP) is 5.38. The molecule has 0 fully saturated rings. The molecule has 2 N–H and O–H groups in total. The average Bonchev–Trinajstić information content (AvgIpc) is 2.78. The maximum atomic E-state index is 13.5. The van der Waals surface area contributed by atoms with Crippen LogP contribution in [0.5, 0.6) is 5.75 Å². The Morgan fingerprint density at radius 1 is 1.25 bits per heavy atom. The zero-order valence-corrected chi connectivity index (χ0v) is 22.7. The summed E-state index contributed by atoms with van der Waals surface area (Å²) in [6, 6.07) is 5.04. The Morgan fingerprint density at radius 2 is 2.00 bits per heavy atom. The number of ether oxygens (including phenoxy) is 2. The number of aliphatic imine (C=N–C) groups is 1. The third kappa shape index (κ3) is 7.75. The number of nitrogens with one attached hydrogen (secondary N) is 2. The van der Waals surface area contributed by atoms with E-state index < -0.39 is 17.7 Å². The van der Waals surface area contributed by atoms with Crippen LogP contribution in [0.4, 0.5) is 10.5 Å². The average molecular weight is 517 g/mol. The summed E-state index contributed by atoms with van der Waals surface area (Å²) >= 11 is 6.12. The number of benzene rings is 1. The molecule has 3 rings (SSSR count). The van der Waals surface area contributed by atoms with Gasteiger partial charge in [-0.15, -0.1) is 0 Å². The van der Waals surface area contributed by atoms with Crippen molar-refractivity contribution in [3.8, 4) is 5.75 Å². The van der Waals surface area contributed by atoms with E-state index in [0.717, 1.165) is 46.9 Å². The van der Waals surface area contributed by atoms with Crippen molar-refractivity contribution in [2.24, 2.45) is 4.99 Å². The molecule has 0 saturated carbocycles. The first-order valence-corrected chi connectivity index (χ1v) is 12.8. The molecule has 0 spiro atoms. The molecule has 1 aromatic rings. The van der Waals surface area contributed by atoms with Crippen LogP contribution in [-0.2, 0) is 16.0 Å². The summed E-state index contributed by atoms with van der Waals surface area (Å²) in [6.45, 7) is 11.8. The van der Waals surface area contributed by atoms with Gasteiger partial charge in [-0.2, -0.15) is 0 Å². The molecule has 2 amide bonds. The van der Waals surface area contributed by atoms with Gasteiger partial charge in [0.05, 0.1) is 19.2 Å². The lowest BCUT2D eigenvalue weighted by atomic mass is 10.0. The number of anilines is 1. The molecule has 1 heterocycles. The molecule has 196 valence electrons. The molecular formula is C27H37ClN4O4. The Bertz CT molecular complexity index is 1070. The number of amides is 2. The van der Waals surface area contributed by atoms with Crippen LogP contribution in [0.3, 0.4) is 0 Å². The number of allylic oxidation sites excluding steroid dienone is 3. The second-order valence-corrected chi connectivity index (χ2v) is 10.7. The molecule has 1 unspecified atom stereocenters. The molecule has 0 aromatic heterocycles. The van der Waals surface area contributed by atoms with Gasteiger partial charge in [0.15, 0.2) is 0 Å². The standard InChI is InChI=1S/C27H37ClN4O4/c1-7-19-14-21(12-13-23(19)35-17(2)3)30-25-29-15-22(31-26(34)36-27(4,5)6)24(33)32(25)16-18-8-10-20(28)11-9-18/h8,10,12-14,17,22H,7,9,11,15-16H2,1-6H3,(H,29,30)(H,31,34). The van der Waals surface area contributed by atoms with E-state index in [9.17, 15) is 9.59 Å². The minimum absolute atomic E-state index is 0.0747. The minimum Gasteiger partial charge on any atom is -0.491 e. The van der Waals surface area contributed by atoms with Crippen molar-refractivity contribution in [3.63, 3.8) is 0 Å². The van der Waals surface area contributed by atoms with E-state index in [1.165, 1.54) is 0 Å². The fourth-order valence-electron chi connectivity index (χ4n) is 3.87. The van der Waals surface area contributed by atoms with Crippen LogP contribution in [0.15, 0.2) is 45.9 Å². The Balaban J connectivity index is 1.84. The monoisotopic (exact) mass is 516 g/mol. The summed E-state index contributed by atoms with van der Waals surface area (Å²) in [4.78, 5) is 32.1. The first-order valence-electron chi connectivity index (χ1n) is 12.4. The van der Waals surface area contributed by atoms with Gasteiger partial charge >= 0.3 is 6.09 Å². The molecule has 36 heavy (non-hydrogen) atoms. The zero-order chi connectivity index (χ0) is 26.5. The van der Waals surface area contributed by atoms with Crippen molar-refractivity contribution in [1.29, 1.82) is 0 Å². The lowest BCUT2D eigenvalue weighted by Gasteiger charge is -2.34. The molecule has 1 atom stereocenters. The van der Waals surface area contributed by atoms with Crippen LogP contribution in [-0.4, -0.2) is 53.7 Å². The Morgan fingerprint density at radius 3 is 2.61 bits per heavy atom. The summed E-state index contributed by atoms with van der Waals surface area (Å²) in [5, 5.41) is 6.77. The van der Waals surface area contributed by atoms with Gasteiger partial charge in [0, 0.05) is 10.7 Å². The van der Waals surface area contributed by atoms with Crippen LogP contribution >= 0.6 is 11.6 Å². The van der Waals surface area contributed by atoms with Crippen molar-refractivity contribution in [1.82, 2.24) is 10.2 Å². The van der Waals surface area contributed by atoms with Crippen LogP contribution < -0.4 is 15.4 Å². The molecular weight excluding hydrogens is 480 g/mol. The van der Waals surface area contributed by atoms with Gasteiger partial charge in [0.1, 0.15) is 17.4 Å². The highest BCUT2D eigenvalue weighted by Crippen LogP contribution is 2.26. The number of hydrogen-bond acceptors (Lipinski definition) is 6. The highest BCUT2D eigenvalue weighted by atomic mass is 35.5. The lowest BCUT2D eigenvalue weighted by Crippen LogP contribution is -2.57. The minimum atomic E-state index is -0.818. The summed E-state index contributed by atoms with van der Waals surface area (Å²) in [7, 11) is 0. The lowest BCUT2D eigenvalue weighted by molar-refractivity contribution is -0.129. The number of carbonyl (C=O) groups excluding carboxylic acids is 2. The Labute approximate surface area is 218 Å². The van der Waals surface area contributed by atoms with Gasteiger partial charge in [-0.1, -0.05) is 24.6 Å². The molecule has 2 aliphatic rings. The van der Waals surface area contributed by atoms with E-state index in [1.54, 1.807) is 25.7 Å². The molecule has 0 bridgehead atoms. The number of guanidine groups is 1. The number of aryl methyl sites for hydroxylation is 1. The number of halogens is 1. The fraction of sp³-hybridized carbons (Fsp3) is 0.519. The van der Waals surface area contributed by atoms with E-state index >= 15 is 0 Å². The summed E-state index contributed by atoms with van der Waals surface area (Å²) < 4.78 is 11.3. The number of alkyl carbamates (subject to hydrolysis) is 1. The number of hydrogen-bond donors (Lipinski definition) is 2. The number of rotatable bonds is 7. The summed E-state index contributed by atoms with van der Waals surface area (Å²) in [5.41, 5.74) is 2.24. The first kappa shape index (κ1) is 27.6. The van der Waals surface area contributed by atoms with Gasteiger partial charge in [-0.25, -0.2) is 9.79 Å². The second-order valence-electron chi connectivity index (χ2n) is 10.2. The smallest absolute Gasteiger partial charge is 0.408 e. The maximum absolute atomic E-state index is 13.5. The van der Waals surface area contributed by atoms with Crippen LogP contribution in [0.25, 0.3) is 0 Å². The van der Waals surface area contributed by atoms with Crippen LogP contribution in [0.1, 0.15) is 59.9 Å². The number of nitrogens with zero attached hydrogens (tertiary/aromatic N) is 2. The first-order chi connectivity index (χ1) is 16.9. The number of carbonyl (C=O) groups is 2. The third-order valence-corrected chi connectivity index (χ3v) is 5.86. The molecule has 1 aromatic carbocycles. The highest BCUT2D eigenvalue weighted by molar-refractivity contribution is 6.29. The predicted molar refractivity (Wildman–Crippen MR) is 144 cm³/mol. The zero-order valence-electron chi connectivity index (χ0n) is 22.0. The van der Waals surface area contributed by atoms with Crippen molar-refractivity contribution >= 4 is 35.2 Å². The van der Waals surface area contributed by atoms with Crippen molar-refractivity contribution in [2.75, 3.05) is 18.4 Å². The van der Waals surface area contributed by atoms with Crippen LogP contribution in [0.2, 0.25) is 0 Å². The van der Waals surface area contributed by atoms with Gasteiger partial charge < -0.3 is 20.1 Å². The maximum Gasteiger partial charge on any atom is 0.408 e. The molecule has 8 nitrogen and oxygen atoms in total. The fourth-order valence-corrected chi connectivity index (χ4v) is 4.03. The normalized spacial score (nSPS) is 18.3. The largest absolute Gasteiger partial charge is 0.491 e. The highest BCUT2D eigenvalue weighted by Gasteiger charge is 2.34. The summed E-state index contributed by atoms with van der Waals surface area (Å²) in [6.07, 6.45) is 5.50. The molecule has 0 radical (unpaired) electrons. The van der Waals surface area contributed by atoms with E-state index in [-0.39, 0.29) is 18.6 Å². The van der Waals surface area contributed by atoms with Crippen molar-refractivity contribution in [3.05, 3.63) is 46.5 Å². The van der Waals surface area contributed by atoms with Gasteiger partial charge in [-0.3, -0.25) is 9.69 Å². The van der Waals surface area contributed by atoms with Gasteiger partial charge in [0.2, 0.25) is 5.96 Å². The summed E-state index contributed by atoms with van der Waals surface area (Å²) in [5.74, 6) is 1.02. The van der Waals surface area contributed by atoms with Gasteiger partial charge in [-0.05, 0) is 89.3 Å². The van der Waals surface area contributed by atoms with E-state index in [1.807, 2.05) is 44.2 Å². The molecule has 1 aliphatic heterocycles. The Kier molecular flexibility index (Phi) is 9.06. The van der Waals surface area contributed by atoms with Crippen molar-refractivity contribution < 1.29 is 19.1 Å². The van der Waals surface area contributed by atoms with Crippen LogP contribution in [0, 0.1) is 0 Å². The van der Waals surface area contributed by atoms with Crippen molar-refractivity contribution in [2.45, 2.75) is 78.6 Å². The third-order valence-electron chi connectivity index (χ3n) is 5.54. The Hall–Kier alpha value is -3.00. The quantitative estimate of drug-likeness (QED) is 0.507. The topological polar surface area (TPSA) is 92.3 Å². The molecule has 1 aliphatic carbocycles. The van der Waals surface area contributed by atoms with E-state index in [2.05, 4.69) is 22.5 Å². The molecule has 9 heteroatoms. The second kappa shape index (κ2) is 11.8. The molecule has 0 saturated heterocycles.